The Hall–Kier alpha value is -3.85. The van der Waals surface area contributed by atoms with Gasteiger partial charge in [0.25, 0.3) is 5.56 Å². The summed E-state index contributed by atoms with van der Waals surface area (Å²) in [6, 6.07) is 11.2. The lowest BCUT2D eigenvalue weighted by Crippen LogP contribution is -2.35. The highest BCUT2D eigenvalue weighted by atomic mass is 35.5. The van der Waals surface area contributed by atoms with Gasteiger partial charge in [0.2, 0.25) is 0 Å². The second-order valence-corrected chi connectivity index (χ2v) is 7.38. The molecule has 1 unspecified atom stereocenters. The van der Waals surface area contributed by atoms with Crippen molar-refractivity contribution in [2.45, 2.75) is 12.5 Å². The molecule has 2 aromatic heterocycles. The maximum atomic E-state index is 13.7. The molecule has 7 nitrogen and oxygen atoms in total. The molecule has 1 atom stereocenters. The van der Waals surface area contributed by atoms with Gasteiger partial charge in [-0.3, -0.25) is 9.36 Å². The largest absolute Gasteiger partial charge is 0.465 e. The zero-order chi connectivity index (χ0) is 22.8. The van der Waals surface area contributed by atoms with Gasteiger partial charge in [-0.1, -0.05) is 11.6 Å². The van der Waals surface area contributed by atoms with Crippen molar-refractivity contribution in [2.75, 3.05) is 0 Å². The molecular formula is C22H15ClF2N4O3. The number of carbonyl (C=O) groups is 1. The van der Waals surface area contributed by atoms with Crippen LogP contribution in [-0.2, 0) is 6.42 Å². The first-order chi connectivity index (χ1) is 15.3. The van der Waals surface area contributed by atoms with Gasteiger partial charge in [-0.15, -0.1) is 0 Å². The lowest BCUT2D eigenvalue weighted by atomic mass is 10.0. The standard InChI is InChI=1S/C22H15ClF2N4O3/c23-13-3-5-16(6-4-13)29-20(28-19-17(21(29)30)2-1-7-26-19)18(27-22(31)32)10-12-8-14(24)11-15(25)9-12/h1-9,11,18,27H,10H2,(H,31,32). The molecule has 2 aromatic carbocycles. The molecule has 2 N–H and O–H groups in total. The first kappa shape index (κ1) is 21.4. The van der Waals surface area contributed by atoms with E-state index < -0.39 is 29.3 Å². The van der Waals surface area contributed by atoms with Crippen LogP contribution >= 0.6 is 11.6 Å². The number of aromatic nitrogens is 3. The van der Waals surface area contributed by atoms with Gasteiger partial charge in [-0.2, -0.15) is 0 Å². The molecule has 0 radical (unpaired) electrons. The van der Waals surface area contributed by atoms with Crippen LogP contribution in [0.25, 0.3) is 16.7 Å². The van der Waals surface area contributed by atoms with Gasteiger partial charge < -0.3 is 10.4 Å². The Morgan fingerprint density at radius 1 is 1.12 bits per heavy atom. The van der Waals surface area contributed by atoms with E-state index in [1.807, 2.05) is 0 Å². The number of pyridine rings is 1. The van der Waals surface area contributed by atoms with Crippen molar-refractivity contribution in [3.63, 3.8) is 0 Å². The minimum absolute atomic E-state index is 0.00981. The number of benzene rings is 2. The van der Waals surface area contributed by atoms with Crippen molar-refractivity contribution in [3.8, 4) is 5.69 Å². The van der Waals surface area contributed by atoms with Crippen LogP contribution in [0.1, 0.15) is 17.4 Å². The Kier molecular flexibility index (Phi) is 5.83. The van der Waals surface area contributed by atoms with Gasteiger partial charge in [0.15, 0.2) is 5.65 Å². The zero-order valence-electron chi connectivity index (χ0n) is 16.3. The molecular weight excluding hydrogens is 442 g/mol. The summed E-state index contributed by atoms with van der Waals surface area (Å²) in [6.45, 7) is 0. The first-order valence-electron chi connectivity index (χ1n) is 9.40. The van der Waals surface area contributed by atoms with E-state index in [0.717, 1.165) is 12.1 Å². The smallest absolute Gasteiger partial charge is 0.405 e. The molecule has 4 aromatic rings. The minimum Gasteiger partial charge on any atom is -0.465 e. The van der Waals surface area contributed by atoms with Crippen molar-refractivity contribution in [1.29, 1.82) is 0 Å². The van der Waals surface area contributed by atoms with E-state index in [1.165, 1.54) is 10.8 Å². The van der Waals surface area contributed by atoms with E-state index in [0.29, 0.717) is 16.8 Å². The molecule has 0 aliphatic carbocycles. The number of amides is 1. The number of nitrogens with one attached hydrogen (secondary N) is 1. The number of hydrogen-bond donors (Lipinski definition) is 2. The molecule has 0 aliphatic rings. The fourth-order valence-corrected chi connectivity index (χ4v) is 3.56. The highest BCUT2D eigenvalue weighted by Gasteiger charge is 2.24. The van der Waals surface area contributed by atoms with Crippen LogP contribution in [0.4, 0.5) is 13.6 Å². The molecule has 0 bridgehead atoms. The van der Waals surface area contributed by atoms with Crippen LogP contribution in [-0.4, -0.2) is 25.7 Å². The predicted molar refractivity (Wildman–Crippen MR) is 114 cm³/mol. The Balaban J connectivity index is 1.95. The van der Waals surface area contributed by atoms with Crippen molar-refractivity contribution in [2.24, 2.45) is 0 Å². The van der Waals surface area contributed by atoms with E-state index in [-0.39, 0.29) is 28.8 Å². The number of hydrogen-bond acceptors (Lipinski definition) is 4. The fourth-order valence-electron chi connectivity index (χ4n) is 3.43. The van der Waals surface area contributed by atoms with Crippen molar-refractivity contribution < 1.29 is 18.7 Å². The van der Waals surface area contributed by atoms with Gasteiger partial charge in [0.1, 0.15) is 17.5 Å². The molecule has 4 rings (SSSR count). The maximum Gasteiger partial charge on any atom is 0.405 e. The Morgan fingerprint density at radius 3 is 2.47 bits per heavy atom. The van der Waals surface area contributed by atoms with Crippen molar-refractivity contribution in [3.05, 3.63) is 99.2 Å². The normalized spacial score (nSPS) is 12.0. The van der Waals surface area contributed by atoms with E-state index in [1.54, 1.807) is 36.4 Å². The summed E-state index contributed by atoms with van der Waals surface area (Å²) in [7, 11) is 0. The van der Waals surface area contributed by atoms with E-state index in [9.17, 15) is 23.5 Å². The number of fused-ring (bicyclic) bond motifs is 1. The van der Waals surface area contributed by atoms with Gasteiger partial charge in [0, 0.05) is 23.7 Å². The lowest BCUT2D eigenvalue weighted by molar-refractivity contribution is 0.189. The van der Waals surface area contributed by atoms with Crippen molar-refractivity contribution >= 4 is 28.7 Å². The molecule has 32 heavy (non-hydrogen) atoms. The van der Waals surface area contributed by atoms with Crippen LogP contribution in [0.5, 0.6) is 0 Å². The quantitative estimate of drug-likeness (QED) is 0.467. The first-order valence-corrected chi connectivity index (χ1v) is 9.77. The van der Waals surface area contributed by atoms with Crippen LogP contribution in [0.3, 0.4) is 0 Å². The summed E-state index contributed by atoms with van der Waals surface area (Å²) in [5, 5.41) is 12.4. The molecule has 0 aliphatic heterocycles. The van der Waals surface area contributed by atoms with Crippen molar-refractivity contribution in [1.82, 2.24) is 19.9 Å². The van der Waals surface area contributed by atoms with Gasteiger partial charge in [0.05, 0.1) is 17.1 Å². The number of halogens is 3. The number of rotatable bonds is 5. The minimum atomic E-state index is -1.40. The third-order valence-corrected chi connectivity index (χ3v) is 4.98. The fraction of sp³-hybridized carbons (Fsp3) is 0.0909. The molecule has 0 saturated heterocycles. The van der Waals surface area contributed by atoms with Crippen LogP contribution in [0.15, 0.2) is 65.6 Å². The molecule has 162 valence electrons. The molecule has 0 fully saturated rings. The Morgan fingerprint density at radius 2 is 1.81 bits per heavy atom. The lowest BCUT2D eigenvalue weighted by Gasteiger charge is -2.21. The average molecular weight is 457 g/mol. The number of nitrogens with zero attached hydrogens (tertiary/aromatic N) is 3. The Labute approximate surface area is 184 Å². The van der Waals surface area contributed by atoms with E-state index in [4.69, 9.17) is 11.6 Å². The predicted octanol–water partition coefficient (Wildman–Crippen LogP) is 4.26. The summed E-state index contributed by atoms with van der Waals surface area (Å²) in [5.41, 5.74) is 0.192. The monoisotopic (exact) mass is 456 g/mol. The number of carboxylic acid groups (broad SMARTS) is 1. The third kappa shape index (κ3) is 4.42. The summed E-state index contributed by atoms with van der Waals surface area (Å²) in [4.78, 5) is 33.4. The van der Waals surface area contributed by atoms with E-state index >= 15 is 0 Å². The van der Waals surface area contributed by atoms with Gasteiger partial charge in [-0.05, 0) is 54.1 Å². The van der Waals surface area contributed by atoms with Crippen LogP contribution < -0.4 is 10.9 Å². The van der Waals surface area contributed by atoms with E-state index in [2.05, 4.69) is 15.3 Å². The summed E-state index contributed by atoms with van der Waals surface area (Å²) in [5.74, 6) is -1.61. The van der Waals surface area contributed by atoms with Crippen LogP contribution in [0.2, 0.25) is 5.02 Å². The highest BCUT2D eigenvalue weighted by Crippen LogP contribution is 2.23. The highest BCUT2D eigenvalue weighted by molar-refractivity contribution is 6.30. The molecule has 0 saturated carbocycles. The second-order valence-electron chi connectivity index (χ2n) is 6.95. The van der Waals surface area contributed by atoms with Gasteiger partial charge >= 0.3 is 6.09 Å². The molecule has 2 heterocycles. The van der Waals surface area contributed by atoms with Crippen LogP contribution in [0, 0.1) is 11.6 Å². The second kappa shape index (κ2) is 8.72. The SMILES string of the molecule is O=C(O)NC(Cc1cc(F)cc(F)c1)c1nc2ncccc2c(=O)n1-c1ccc(Cl)cc1. The van der Waals surface area contributed by atoms with Gasteiger partial charge in [-0.25, -0.2) is 23.5 Å². The average Bonchev–Trinajstić information content (AvgIpc) is 2.73. The summed E-state index contributed by atoms with van der Waals surface area (Å²) < 4.78 is 28.7. The Bertz CT molecular complexity index is 1360. The molecule has 0 spiro atoms. The maximum absolute atomic E-state index is 13.7. The zero-order valence-corrected chi connectivity index (χ0v) is 17.1. The molecule has 1 amide bonds. The summed E-state index contributed by atoms with van der Waals surface area (Å²) in [6.07, 6.45) is -0.114. The topological polar surface area (TPSA) is 97.1 Å². The summed E-state index contributed by atoms with van der Waals surface area (Å²) >= 11 is 5.97. The third-order valence-electron chi connectivity index (χ3n) is 4.73. The molecule has 10 heteroatoms.